The minimum atomic E-state index is -0.165. The maximum Gasteiger partial charge on any atom is 0.119 e. The summed E-state index contributed by atoms with van der Waals surface area (Å²) in [6, 6.07) is 7.02. The summed E-state index contributed by atoms with van der Waals surface area (Å²) in [6.07, 6.45) is 2.32. The van der Waals surface area contributed by atoms with Crippen LogP contribution in [0.15, 0.2) is 18.2 Å². The zero-order valence-electron chi connectivity index (χ0n) is 20.9. The summed E-state index contributed by atoms with van der Waals surface area (Å²) in [4.78, 5) is 0. The first-order valence-corrected chi connectivity index (χ1v) is 13.6. The molecule has 162 valence electrons. The van der Waals surface area contributed by atoms with E-state index in [0.717, 1.165) is 18.1 Å². The molecule has 0 radical (unpaired) electrons. The molecule has 0 saturated heterocycles. The maximum atomic E-state index is 5.72. The Morgan fingerprint density at radius 3 is 1.07 bits per heavy atom. The standard InChI is InChI=1S/C25H46OP2/c1-22(2,3)27(23(4,5)6)17-19-14-20(16-21(15-19)26-13)18-28(24(7,8)9)25(10,11)12/h14-16H,17-18H2,1-13H3. The number of hydrogen-bond acceptors (Lipinski definition) is 1. The minimum Gasteiger partial charge on any atom is -0.497 e. The van der Waals surface area contributed by atoms with E-state index in [1.54, 1.807) is 7.11 Å². The third-order valence-electron chi connectivity index (χ3n) is 5.18. The van der Waals surface area contributed by atoms with Crippen LogP contribution in [0.4, 0.5) is 0 Å². The van der Waals surface area contributed by atoms with E-state index in [-0.39, 0.29) is 15.8 Å². The summed E-state index contributed by atoms with van der Waals surface area (Å²) in [5.41, 5.74) is 2.89. The number of methoxy groups -OCH3 is 1. The fourth-order valence-electron chi connectivity index (χ4n) is 4.36. The summed E-state index contributed by atoms with van der Waals surface area (Å²) in [5, 5.41) is 1.33. The smallest absolute Gasteiger partial charge is 0.119 e. The van der Waals surface area contributed by atoms with Crippen LogP contribution in [0.1, 0.15) is 94.2 Å². The van der Waals surface area contributed by atoms with E-state index in [1.807, 2.05) is 0 Å². The van der Waals surface area contributed by atoms with Crippen LogP contribution in [0.3, 0.4) is 0 Å². The van der Waals surface area contributed by atoms with Crippen LogP contribution < -0.4 is 4.74 Å². The van der Waals surface area contributed by atoms with E-state index in [0.29, 0.717) is 20.6 Å². The summed E-state index contributed by atoms with van der Waals surface area (Å²) >= 11 is 0. The topological polar surface area (TPSA) is 9.23 Å². The fraction of sp³-hybridized carbons (Fsp3) is 0.760. The lowest BCUT2D eigenvalue weighted by atomic mass is 10.1. The van der Waals surface area contributed by atoms with Crippen LogP contribution in [-0.2, 0) is 12.3 Å². The van der Waals surface area contributed by atoms with Gasteiger partial charge in [0, 0.05) is 0 Å². The molecule has 0 aliphatic heterocycles. The monoisotopic (exact) mass is 424 g/mol. The fourth-order valence-corrected chi connectivity index (χ4v) is 11.4. The second-order valence-electron chi connectivity index (χ2n) is 12.0. The molecule has 1 aromatic rings. The summed E-state index contributed by atoms with van der Waals surface area (Å²) < 4.78 is 5.72. The first-order valence-electron chi connectivity index (χ1n) is 10.6. The molecule has 0 spiro atoms. The predicted molar refractivity (Wildman–Crippen MR) is 133 cm³/mol. The summed E-state index contributed by atoms with van der Waals surface area (Å²) in [6.45, 7) is 28.9. The van der Waals surface area contributed by atoms with Gasteiger partial charge in [-0.15, -0.1) is 0 Å². The third kappa shape index (κ3) is 7.61. The molecule has 0 atom stereocenters. The van der Waals surface area contributed by atoms with Gasteiger partial charge < -0.3 is 4.74 Å². The third-order valence-corrected chi connectivity index (χ3v) is 13.0. The van der Waals surface area contributed by atoms with Gasteiger partial charge in [0.1, 0.15) is 5.75 Å². The van der Waals surface area contributed by atoms with Gasteiger partial charge in [0.25, 0.3) is 0 Å². The predicted octanol–water partition coefficient (Wildman–Crippen LogP) is 8.85. The van der Waals surface area contributed by atoms with Gasteiger partial charge in [-0.05, 0) is 56.2 Å². The zero-order chi connectivity index (χ0) is 22.1. The minimum absolute atomic E-state index is 0.165. The normalized spacial score (nSPS) is 14.1. The van der Waals surface area contributed by atoms with Crippen molar-refractivity contribution in [2.24, 2.45) is 0 Å². The van der Waals surface area contributed by atoms with Crippen molar-refractivity contribution in [2.45, 2.75) is 116 Å². The van der Waals surface area contributed by atoms with Crippen molar-refractivity contribution >= 4 is 15.8 Å². The molecule has 3 heteroatoms. The number of hydrogen-bond donors (Lipinski definition) is 0. The molecule has 0 aromatic heterocycles. The van der Waals surface area contributed by atoms with Gasteiger partial charge in [-0.1, -0.05) is 105 Å². The average Bonchev–Trinajstić information content (AvgIpc) is 2.45. The second-order valence-corrected chi connectivity index (χ2v) is 19.8. The van der Waals surface area contributed by atoms with Crippen LogP contribution in [0.5, 0.6) is 5.75 Å². The van der Waals surface area contributed by atoms with Crippen molar-refractivity contribution in [3.8, 4) is 5.75 Å². The SMILES string of the molecule is COc1cc(CP(C(C)(C)C)C(C)(C)C)cc(CP(C(C)(C)C)C(C)(C)C)c1. The van der Waals surface area contributed by atoms with E-state index < -0.39 is 0 Å². The van der Waals surface area contributed by atoms with Crippen LogP contribution >= 0.6 is 15.8 Å². The molecule has 0 N–H and O–H groups in total. The molecule has 0 bridgehead atoms. The van der Waals surface area contributed by atoms with Crippen molar-refractivity contribution in [2.75, 3.05) is 7.11 Å². The molecule has 0 amide bonds. The van der Waals surface area contributed by atoms with Crippen molar-refractivity contribution in [3.63, 3.8) is 0 Å². The van der Waals surface area contributed by atoms with Gasteiger partial charge in [0.2, 0.25) is 0 Å². The molecular formula is C25H46OP2. The molecule has 0 heterocycles. The lowest BCUT2D eigenvalue weighted by Gasteiger charge is -2.42. The Kier molecular flexibility index (Phi) is 8.27. The van der Waals surface area contributed by atoms with Gasteiger partial charge in [-0.3, -0.25) is 0 Å². The first kappa shape index (κ1) is 25.9. The first-order chi connectivity index (χ1) is 12.4. The van der Waals surface area contributed by atoms with Crippen LogP contribution in [0.2, 0.25) is 0 Å². The van der Waals surface area contributed by atoms with Gasteiger partial charge in [0.15, 0.2) is 0 Å². The van der Waals surface area contributed by atoms with E-state index >= 15 is 0 Å². The van der Waals surface area contributed by atoms with Crippen molar-refractivity contribution < 1.29 is 4.74 Å². The Labute approximate surface area is 178 Å². The Bertz CT molecular complexity index is 556. The zero-order valence-corrected chi connectivity index (χ0v) is 22.7. The lowest BCUT2D eigenvalue weighted by molar-refractivity contribution is 0.414. The molecule has 0 saturated carbocycles. The molecule has 1 rings (SSSR count). The summed E-state index contributed by atoms with van der Waals surface area (Å²) in [7, 11) is 1.47. The molecule has 1 nitrogen and oxygen atoms in total. The van der Waals surface area contributed by atoms with Gasteiger partial charge in [0.05, 0.1) is 7.11 Å². The highest BCUT2D eigenvalue weighted by Gasteiger charge is 2.36. The van der Waals surface area contributed by atoms with E-state index in [9.17, 15) is 0 Å². The number of rotatable bonds is 5. The molecule has 1 aromatic carbocycles. The van der Waals surface area contributed by atoms with Gasteiger partial charge in [-0.25, -0.2) is 0 Å². The Balaban J connectivity index is 3.32. The second kappa shape index (κ2) is 8.94. The number of benzene rings is 1. The maximum absolute atomic E-state index is 5.72. The molecule has 28 heavy (non-hydrogen) atoms. The highest BCUT2D eigenvalue weighted by atomic mass is 31.1. The van der Waals surface area contributed by atoms with Gasteiger partial charge in [-0.2, -0.15) is 0 Å². The molecule has 0 fully saturated rings. The Morgan fingerprint density at radius 1 is 0.571 bits per heavy atom. The lowest BCUT2D eigenvalue weighted by Crippen LogP contribution is -2.26. The molecule has 0 aliphatic rings. The van der Waals surface area contributed by atoms with E-state index in [2.05, 4.69) is 101 Å². The molecular weight excluding hydrogens is 378 g/mol. The Morgan fingerprint density at radius 2 is 0.857 bits per heavy atom. The van der Waals surface area contributed by atoms with E-state index in [1.165, 1.54) is 11.1 Å². The van der Waals surface area contributed by atoms with Crippen LogP contribution in [0, 0.1) is 0 Å². The largest absolute Gasteiger partial charge is 0.497 e. The average molecular weight is 425 g/mol. The van der Waals surface area contributed by atoms with Crippen molar-refractivity contribution in [1.29, 1.82) is 0 Å². The highest BCUT2D eigenvalue weighted by Crippen LogP contribution is 2.63. The van der Waals surface area contributed by atoms with E-state index in [4.69, 9.17) is 4.74 Å². The van der Waals surface area contributed by atoms with Crippen LogP contribution in [-0.4, -0.2) is 27.7 Å². The highest BCUT2D eigenvalue weighted by molar-refractivity contribution is 7.60. The van der Waals surface area contributed by atoms with Crippen LogP contribution in [0.25, 0.3) is 0 Å². The van der Waals surface area contributed by atoms with Crippen molar-refractivity contribution in [1.82, 2.24) is 0 Å². The van der Waals surface area contributed by atoms with Crippen molar-refractivity contribution in [3.05, 3.63) is 29.3 Å². The number of ether oxygens (including phenoxy) is 1. The Hall–Kier alpha value is -0.120. The molecule has 0 unspecified atom stereocenters. The quantitative estimate of drug-likeness (QED) is 0.429. The molecule has 0 aliphatic carbocycles. The van der Waals surface area contributed by atoms with Gasteiger partial charge >= 0.3 is 0 Å². The summed E-state index contributed by atoms with van der Waals surface area (Å²) in [5.74, 6) is 1.02.